The van der Waals surface area contributed by atoms with Crippen LogP contribution < -0.4 is 26.0 Å². The molecule has 0 spiro atoms. The Kier molecular flexibility index (Phi) is 4.55. The van der Waals surface area contributed by atoms with E-state index in [0.29, 0.717) is 0 Å². The zero-order valence-corrected chi connectivity index (χ0v) is 15.2. The first-order chi connectivity index (χ1) is 11.6. The predicted molar refractivity (Wildman–Crippen MR) is 103 cm³/mol. The number of fused-ring (bicyclic) bond motifs is 1. The lowest BCUT2D eigenvalue weighted by Crippen LogP contribution is -2.19. The Hall–Kier alpha value is -2.72. The van der Waals surface area contributed by atoms with Crippen molar-refractivity contribution in [1.29, 1.82) is 0 Å². The van der Waals surface area contributed by atoms with Gasteiger partial charge in [-0.1, -0.05) is 18.2 Å². The first-order valence-electron chi connectivity index (χ1n) is 7.95. The van der Waals surface area contributed by atoms with Crippen LogP contribution in [-0.2, 0) is 0 Å². The highest BCUT2D eigenvalue weighted by Crippen LogP contribution is 2.10. The lowest BCUT2D eigenvalue weighted by Gasteiger charge is -1.94. The van der Waals surface area contributed by atoms with Gasteiger partial charge in [-0.05, 0) is 43.7 Å². The van der Waals surface area contributed by atoms with E-state index in [1.54, 1.807) is 7.11 Å². The van der Waals surface area contributed by atoms with Crippen LogP contribution in [0, 0.1) is 13.8 Å². The number of rotatable bonds is 2. The lowest BCUT2D eigenvalue weighted by molar-refractivity contribution is 0.412. The largest absolute Gasteiger partial charge is 0.494 e. The Morgan fingerprint density at radius 2 is 1.88 bits per heavy atom. The number of aryl methyl sites for hydroxylation is 2. The molecule has 0 atom stereocenters. The number of ether oxygens (including phenoxy) is 1. The molecule has 0 fully saturated rings. The molecule has 4 rings (SSSR count). The van der Waals surface area contributed by atoms with Crippen molar-refractivity contribution in [3.8, 4) is 5.75 Å². The minimum atomic E-state index is 0. The van der Waals surface area contributed by atoms with Gasteiger partial charge >= 0.3 is 0 Å². The first-order valence-corrected chi connectivity index (χ1v) is 7.95. The fourth-order valence-corrected chi connectivity index (χ4v) is 3.07. The molecule has 2 N–H and O–H groups in total. The highest BCUT2D eigenvalue weighted by molar-refractivity contribution is 5.85. The maximum atomic E-state index is 5.54. The molecular weight excluding hydrogens is 334 g/mol. The molecule has 3 aromatic rings. The summed E-state index contributed by atoms with van der Waals surface area (Å²) in [5.74, 6) is 0.809. The summed E-state index contributed by atoms with van der Waals surface area (Å²) in [5.41, 5.74) is 4.37. The summed E-state index contributed by atoms with van der Waals surface area (Å²) in [5, 5.41) is 4.03. The molecule has 0 saturated heterocycles. The molecule has 0 bridgehead atoms. The van der Waals surface area contributed by atoms with Gasteiger partial charge in [-0.2, -0.15) is 0 Å². The van der Waals surface area contributed by atoms with Crippen molar-refractivity contribution in [3.63, 3.8) is 0 Å². The van der Waals surface area contributed by atoms with Crippen molar-refractivity contribution in [2.75, 3.05) is 7.11 Å². The summed E-state index contributed by atoms with van der Waals surface area (Å²) >= 11 is 0. The maximum Gasteiger partial charge on any atom is 0.144 e. The number of methoxy groups -OCH3 is 1. The number of hydrogen-bond donors (Lipinski definition) is 2. The van der Waals surface area contributed by atoms with Gasteiger partial charge in [0.25, 0.3) is 0 Å². The fraction of sp³-hybridized carbons (Fsp3) is 0.150. The van der Waals surface area contributed by atoms with Gasteiger partial charge in [-0.15, -0.1) is 12.4 Å². The predicted octanol–water partition coefficient (Wildman–Crippen LogP) is 1.44. The van der Waals surface area contributed by atoms with Gasteiger partial charge in [-0.25, -0.2) is 4.99 Å². The van der Waals surface area contributed by atoms with E-state index >= 15 is 0 Å². The third kappa shape index (κ3) is 3.13. The molecular formula is C20H20ClN3O. The van der Waals surface area contributed by atoms with E-state index in [-0.39, 0.29) is 12.4 Å². The summed E-state index contributed by atoms with van der Waals surface area (Å²) < 4.78 is 5.54. The average Bonchev–Trinajstić information content (AvgIpc) is 3.24. The number of aromatic nitrogens is 2. The Morgan fingerprint density at radius 3 is 2.56 bits per heavy atom. The Bertz CT molecular complexity index is 1130. The zero-order valence-electron chi connectivity index (χ0n) is 14.4. The van der Waals surface area contributed by atoms with E-state index in [1.807, 2.05) is 24.3 Å². The van der Waals surface area contributed by atoms with Crippen molar-refractivity contribution in [3.05, 3.63) is 74.6 Å². The summed E-state index contributed by atoms with van der Waals surface area (Å²) in [6.45, 7) is 4.15. The van der Waals surface area contributed by atoms with Crippen LogP contribution in [0.2, 0.25) is 0 Å². The van der Waals surface area contributed by atoms with E-state index in [4.69, 9.17) is 9.73 Å². The van der Waals surface area contributed by atoms with Gasteiger partial charge in [0.1, 0.15) is 5.75 Å². The van der Waals surface area contributed by atoms with Gasteiger partial charge < -0.3 is 14.7 Å². The van der Waals surface area contributed by atoms with Crippen molar-refractivity contribution in [2.45, 2.75) is 13.8 Å². The molecule has 1 aliphatic heterocycles. The third-order valence-corrected chi connectivity index (χ3v) is 4.25. The van der Waals surface area contributed by atoms with Crippen LogP contribution in [0.1, 0.15) is 17.0 Å². The van der Waals surface area contributed by atoms with E-state index in [0.717, 1.165) is 44.1 Å². The number of benzene rings is 1. The fourth-order valence-electron chi connectivity index (χ4n) is 3.07. The number of halogens is 1. The van der Waals surface area contributed by atoms with Crippen LogP contribution in [0.3, 0.4) is 0 Å². The smallest absolute Gasteiger partial charge is 0.144 e. The van der Waals surface area contributed by atoms with Gasteiger partial charge in [-0.3, -0.25) is 0 Å². The normalized spacial score (nSPS) is 15.2. The lowest BCUT2D eigenvalue weighted by atomic mass is 10.2. The highest BCUT2D eigenvalue weighted by atomic mass is 35.5. The minimum Gasteiger partial charge on any atom is -0.494 e. The molecule has 4 nitrogen and oxygen atoms in total. The molecule has 1 aromatic carbocycles. The number of hydrogen-bond acceptors (Lipinski definition) is 2. The summed E-state index contributed by atoms with van der Waals surface area (Å²) in [6.07, 6.45) is 4.17. The molecule has 0 unspecified atom stereocenters. The molecule has 1 aliphatic rings. The van der Waals surface area contributed by atoms with Crippen LogP contribution in [0.25, 0.3) is 17.8 Å². The number of aromatic amines is 2. The average molecular weight is 354 g/mol. The minimum absolute atomic E-state index is 0. The van der Waals surface area contributed by atoms with Crippen LogP contribution in [0.15, 0.2) is 41.4 Å². The number of para-hydroxylation sites is 1. The maximum absolute atomic E-state index is 5.54. The number of nitrogens with zero attached hydrogens (tertiary/aromatic N) is 1. The highest BCUT2D eigenvalue weighted by Gasteiger charge is 2.06. The van der Waals surface area contributed by atoms with Crippen LogP contribution in [0.5, 0.6) is 5.75 Å². The van der Waals surface area contributed by atoms with Crippen LogP contribution in [0.4, 0.5) is 0 Å². The molecule has 128 valence electrons. The topological polar surface area (TPSA) is 53.2 Å². The summed E-state index contributed by atoms with van der Waals surface area (Å²) in [6, 6.07) is 12.3. The first kappa shape index (κ1) is 17.1. The Morgan fingerprint density at radius 1 is 1.08 bits per heavy atom. The second-order valence-electron chi connectivity index (χ2n) is 6.06. The van der Waals surface area contributed by atoms with Crippen LogP contribution >= 0.6 is 12.4 Å². The van der Waals surface area contributed by atoms with Crippen LogP contribution in [-0.4, -0.2) is 17.1 Å². The molecule has 0 radical (unpaired) electrons. The van der Waals surface area contributed by atoms with Crippen molar-refractivity contribution in [1.82, 2.24) is 9.97 Å². The van der Waals surface area contributed by atoms with Gasteiger partial charge in [0.15, 0.2) is 0 Å². The molecule has 25 heavy (non-hydrogen) atoms. The van der Waals surface area contributed by atoms with E-state index < -0.39 is 0 Å². The Labute approximate surface area is 151 Å². The quantitative estimate of drug-likeness (QED) is 0.719. The van der Waals surface area contributed by atoms with E-state index in [1.165, 1.54) is 5.56 Å². The van der Waals surface area contributed by atoms with Crippen molar-refractivity contribution >= 4 is 30.3 Å². The van der Waals surface area contributed by atoms with E-state index in [9.17, 15) is 0 Å². The molecule has 5 heteroatoms. The second-order valence-corrected chi connectivity index (χ2v) is 6.06. The molecule has 2 aromatic heterocycles. The third-order valence-electron chi connectivity index (χ3n) is 4.25. The van der Waals surface area contributed by atoms with Crippen molar-refractivity contribution < 1.29 is 4.74 Å². The summed E-state index contributed by atoms with van der Waals surface area (Å²) in [7, 11) is 1.69. The van der Waals surface area contributed by atoms with Gasteiger partial charge in [0.2, 0.25) is 0 Å². The Balaban J connectivity index is 0.00000182. The molecule has 0 saturated carbocycles. The standard InChI is InChI=1S/C20H19N3O.ClH/c1-12-8-13(2)21-16(12)10-19-20(24-3)11-18(23-19)17-9-14-6-4-5-7-15(14)22-17;/h4-11,21,23H,1-3H3;1H/b18-17-,19-10?;. The zero-order chi connectivity index (χ0) is 16.7. The molecule has 0 amide bonds. The summed E-state index contributed by atoms with van der Waals surface area (Å²) in [4.78, 5) is 11.5. The SMILES string of the molecule is COc1c/c(=C2\C=c3ccccc3=N2)[nH]c1=Cc1[nH]c(C)cc1C.Cl. The number of H-pyrrole nitrogens is 2. The van der Waals surface area contributed by atoms with Gasteiger partial charge in [0, 0.05) is 22.7 Å². The van der Waals surface area contributed by atoms with E-state index in [2.05, 4.69) is 48.1 Å². The molecule has 3 heterocycles. The monoisotopic (exact) mass is 353 g/mol. The second kappa shape index (κ2) is 6.65. The van der Waals surface area contributed by atoms with Gasteiger partial charge in [0.05, 0.1) is 28.9 Å². The van der Waals surface area contributed by atoms with Crippen molar-refractivity contribution in [2.24, 2.45) is 4.99 Å². The molecule has 0 aliphatic carbocycles. The number of nitrogens with one attached hydrogen (secondary N) is 2.